The number of nitrogens with zero attached hydrogens (tertiary/aromatic N) is 2. The lowest BCUT2D eigenvalue weighted by atomic mass is 10.1. The topological polar surface area (TPSA) is 86.8 Å². The molecule has 2 aromatic rings. The summed E-state index contributed by atoms with van der Waals surface area (Å²) in [5, 5.41) is 2.69. The van der Waals surface area contributed by atoms with Crippen molar-refractivity contribution in [3.8, 4) is 0 Å². The second-order valence-electron chi connectivity index (χ2n) is 7.82. The molecule has 0 aromatic heterocycles. The fourth-order valence-corrected chi connectivity index (χ4v) is 6.12. The van der Waals surface area contributed by atoms with Gasteiger partial charge in [0.25, 0.3) is 5.91 Å². The van der Waals surface area contributed by atoms with Crippen LogP contribution in [-0.4, -0.2) is 60.9 Å². The van der Waals surface area contributed by atoms with Crippen LogP contribution in [0.5, 0.6) is 0 Å². The number of nitrogens with one attached hydrogen (secondary N) is 1. The van der Waals surface area contributed by atoms with Gasteiger partial charge in [-0.1, -0.05) is 17.7 Å². The molecule has 2 aromatic carbocycles. The highest BCUT2D eigenvalue weighted by Gasteiger charge is 2.29. The van der Waals surface area contributed by atoms with Crippen LogP contribution in [0.25, 0.3) is 0 Å². The van der Waals surface area contributed by atoms with Crippen LogP contribution in [-0.2, 0) is 14.8 Å². The minimum Gasteiger partial charge on any atom is -0.337 e. The predicted octanol–water partition coefficient (Wildman–Crippen LogP) is 2.96. The van der Waals surface area contributed by atoms with Crippen LogP contribution in [0.1, 0.15) is 29.3 Å². The lowest BCUT2D eigenvalue weighted by Crippen LogP contribution is -2.37. The molecule has 4 rings (SSSR count). The van der Waals surface area contributed by atoms with E-state index >= 15 is 0 Å². The highest BCUT2D eigenvalue weighted by molar-refractivity contribution is 8.01. The second-order valence-corrected chi connectivity index (χ2v) is 11.1. The average Bonchev–Trinajstić information content (AvgIpc) is 3.01. The molecule has 164 valence electrons. The van der Waals surface area contributed by atoms with E-state index in [9.17, 15) is 18.0 Å². The Morgan fingerprint density at radius 3 is 2.55 bits per heavy atom. The summed E-state index contributed by atoms with van der Waals surface area (Å²) in [4.78, 5) is 27.9. The van der Waals surface area contributed by atoms with E-state index in [1.54, 1.807) is 41.3 Å². The Hall–Kier alpha value is -2.36. The lowest BCUT2D eigenvalue weighted by Gasteiger charge is -2.24. The molecule has 7 nitrogen and oxygen atoms in total. The van der Waals surface area contributed by atoms with Crippen LogP contribution < -0.4 is 5.32 Å². The van der Waals surface area contributed by atoms with Crippen molar-refractivity contribution >= 4 is 39.3 Å². The zero-order valence-corrected chi connectivity index (χ0v) is 19.1. The molecule has 0 spiro atoms. The smallest absolute Gasteiger partial charge is 0.253 e. The van der Waals surface area contributed by atoms with Crippen molar-refractivity contribution in [3.63, 3.8) is 0 Å². The number of carbonyl (C=O) groups is 2. The van der Waals surface area contributed by atoms with Gasteiger partial charge in [-0.3, -0.25) is 9.59 Å². The highest BCUT2D eigenvalue weighted by Crippen LogP contribution is 2.36. The number of anilines is 1. The van der Waals surface area contributed by atoms with Gasteiger partial charge in [-0.25, -0.2) is 8.42 Å². The largest absolute Gasteiger partial charge is 0.337 e. The molecular weight excluding hydrogens is 434 g/mol. The zero-order chi connectivity index (χ0) is 22.2. The van der Waals surface area contributed by atoms with Gasteiger partial charge in [-0.2, -0.15) is 4.31 Å². The van der Waals surface area contributed by atoms with Gasteiger partial charge in [0.15, 0.2) is 0 Å². The molecule has 0 aliphatic carbocycles. The minimum absolute atomic E-state index is 0.0752. The first kappa shape index (κ1) is 21.9. The first-order valence-electron chi connectivity index (χ1n) is 10.2. The van der Waals surface area contributed by atoms with Crippen molar-refractivity contribution in [2.75, 3.05) is 31.5 Å². The molecule has 2 aliphatic heterocycles. The molecule has 1 fully saturated rings. The van der Waals surface area contributed by atoms with E-state index in [1.807, 2.05) is 19.9 Å². The molecule has 2 aliphatic rings. The maximum atomic E-state index is 13.1. The van der Waals surface area contributed by atoms with Crippen molar-refractivity contribution in [2.24, 2.45) is 0 Å². The van der Waals surface area contributed by atoms with Gasteiger partial charge in [-0.15, -0.1) is 11.8 Å². The zero-order valence-electron chi connectivity index (χ0n) is 17.5. The van der Waals surface area contributed by atoms with Gasteiger partial charge in [0.05, 0.1) is 15.8 Å². The van der Waals surface area contributed by atoms with Crippen LogP contribution in [0.15, 0.2) is 52.3 Å². The Morgan fingerprint density at radius 1 is 1.06 bits per heavy atom. The standard InChI is InChI=1S/C22H25N3O4S2/c1-15-4-7-18(8-5-15)31(28,29)25-11-3-10-24(12-13-25)22(27)17-6-9-20-19(14-17)23-21(26)16(2)30-20/h4-9,14,16H,3,10-13H2,1-2H3,(H,23,26)/t16-/m1/s1. The number of rotatable bonds is 3. The quantitative estimate of drug-likeness (QED) is 0.763. The molecule has 0 saturated carbocycles. The fourth-order valence-electron chi connectivity index (χ4n) is 3.72. The number of hydrogen-bond donors (Lipinski definition) is 1. The number of benzene rings is 2. The molecule has 1 atom stereocenters. The Morgan fingerprint density at radius 2 is 1.81 bits per heavy atom. The number of thioether (sulfide) groups is 1. The molecular formula is C22H25N3O4S2. The van der Waals surface area contributed by atoms with Crippen LogP contribution in [0, 0.1) is 6.92 Å². The minimum atomic E-state index is -3.59. The summed E-state index contributed by atoms with van der Waals surface area (Å²) in [6, 6.07) is 12.2. The van der Waals surface area contributed by atoms with E-state index in [4.69, 9.17) is 0 Å². The maximum absolute atomic E-state index is 13.1. The van der Waals surface area contributed by atoms with Gasteiger partial charge in [-0.05, 0) is 50.6 Å². The summed E-state index contributed by atoms with van der Waals surface area (Å²) in [5.74, 6) is -0.232. The molecule has 9 heteroatoms. The first-order valence-corrected chi connectivity index (χ1v) is 12.6. The Labute approximate surface area is 186 Å². The summed E-state index contributed by atoms with van der Waals surface area (Å²) in [6.07, 6.45) is 0.561. The molecule has 0 radical (unpaired) electrons. The summed E-state index contributed by atoms with van der Waals surface area (Å²) < 4.78 is 27.4. The van der Waals surface area contributed by atoms with Crippen molar-refractivity contribution in [1.29, 1.82) is 0 Å². The van der Waals surface area contributed by atoms with Crippen LogP contribution in [0.3, 0.4) is 0 Å². The SMILES string of the molecule is Cc1ccc(S(=O)(=O)N2CCCN(C(=O)c3ccc4c(c3)NC(=O)[C@@H](C)S4)CC2)cc1. The number of amides is 2. The Bertz CT molecular complexity index is 1120. The van der Waals surface area contributed by atoms with Gasteiger partial charge < -0.3 is 10.2 Å². The fraction of sp³-hybridized carbons (Fsp3) is 0.364. The van der Waals surface area contributed by atoms with E-state index in [2.05, 4.69) is 5.32 Å². The van der Waals surface area contributed by atoms with Crippen molar-refractivity contribution in [1.82, 2.24) is 9.21 Å². The lowest BCUT2D eigenvalue weighted by molar-refractivity contribution is -0.115. The van der Waals surface area contributed by atoms with Crippen molar-refractivity contribution in [2.45, 2.75) is 35.3 Å². The second kappa shape index (κ2) is 8.64. The van der Waals surface area contributed by atoms with Crippen molar-refractivity contribution in [3.05, 3.63) is 53.6 Å². The number of fused-ring (bicyclic) bond motifs is 1. The third-order valence-corrected chi connectivity index (χ3v) is 8.65. The molecule has 0 unspecified atom stereocenters. The number of hydrogen-bond acceptors (Lipinski definition) is 5. The molecule has 1 N–H and O–H groups in total. The molecule has 0 bridgehead atoms. The molecule has 1 saturated heterocycles. The number of aryl methyl sites for hydroxylation is 1. The summed E-state index contributed by atoms with van der Waals surface area (Å²) >= 11 is 1.47. The average molecular weight is 460 g/mol. The third kappa shape index (κ3) is 4.49. The van der Waals surface area contributed by atoms with E-state index in [0.29, 0.717) is 37.3 Å². The van der Waals surface area contributed by atoms with Crippen molar-refractivity contribution < 1.29 is 18.0 Å². The molecule has 2 heterocycles. The summed E-state index contributed by atoms with van der Waals surface area (Å²) in [7, 11) is -3.59. The first-order chi connectivity index (χ1) is 14.8. The van der Waals surface area contributed by atoms with Gasteiger partial charge in [0, 0.05) is 36.6 Å². The maximum Gasteiger partial charge on any atom is 0.253 e. The Kier molecular flexibility index (Phi) is 6.09. The number of carbonyl (C=O) groups excluding carboxylic acids is 2. The summed E-state index contributed by atoms with van der Waals surface area (Å²) in [5.41, 5.74) is 2.14. The van der Waals surface area contributed by atoms with Crippen LogP contribution >= 0.6 is 11.8 Å². The van der Waals surface area contributed by atoms with Crippen LogP contribution in [0.2, 0.25) is 0 Å². The highest BCUT2D eigenvalue weighted by atomic mass is 32.2. The molecule has 31 heavy (non-hydrogen) atoms. The molecule has 2 amide bonds. The van der Waals surface area contributed by atoms with E-state index < -0.39 is 10.0 Å². The Balaban J connectivity index is 1.48. The predicted molar refractivity (Wildman–Crippen MR) is 121 cm³/mol. The number of sulfonamides is 1. The van der Waals surface area contributed by atoms with Gasteiger partial charge >= 0.3 is 0 Å². The van der Waals surface area contributed by atoms with Gasteiger partial charge in [0.1, 0.15) is 0 Å². The van der Waals surface area contributed by atoms with Crippen LogP contribution in [0.4, 0.5) is 5.69 Å². The monoisotopic (exact) mass is 459 g/mol. The van der Waals surface area contributed by atoms with Gasteiger partial charge in [0.2, 0.25) is 15.9 Å². The van der Waals surface area contributed by atoms with E-state index in [0.717, 1.165) is 10.5 Å². The van der Waals surface area contributed by atoms with E-state index in [-0.39, 0.29) is 28.5 Å². The van der Waals surface area contributed by atoms with E-state index in [1.165, 1.54) is 16.1 Å². The third-order valence-electron chi connectivity index (χ3n) is 5.56. The summed E-state index contributed by atoms with van der Waals surface area (Å²) in [6.45, 7) is 5.17. The normalized spacial score (nSPS) is 20.0.